The molecule has 124 valence electrons. The lowest BCUT2D eigenvalue weighted by molar-refractivity contribution is 0.462. The van der Waals surface area contributed by atoms with E-state index in [2.05, 4.69) is 25.9 Å². The lowest BCUT2D eigenvalue weighted by Gasteiger charge is -2.22. The van der Waals surface area contributed by atoms with Gasteiger partial charge in [0.15, 0.2) is 5.96 Å². The van der Waals surface area contributed by atoms with Crippen molar-refractivity contribution in [3.63, 3.8) is 0 Å². The summed E-state index contributed by atoms with van der Waals surface area (Å²) in [6.45, 7) is 1.72. The molecular formula is C16H26ClIN4. The van der Waals surface area contributed by atoms with Gasteiger partial charge in [0.25, 0.3) is 0 Å². The first-order valence-electron chi connectivity index (χ1n) is 7.50. The van der Waals surface area contributed by atoms with E-state index in [0.29, 0.717) is 0 Å². The molecule has 4 nitrogen and oxygen atoms in total. The van der Waals surface area contributed by atoms with E-state index in [1.54, 1.807) is 5.57 Å². The number of guanidine groups is 1. The molecule has 0 spiro atoms. The second-order valence-electron chi connectivity index (χ2n) is 5.60. The van der Waals surface area contributed by atoms with Gasteiger partial charge in [-0.25, -0.2) is 0 Å². The molecule has 1 aliphatic rings. The van der Waals surface area contributed by atoms with Crippen LogP contribution in [0.5, 0.6) is 0 Å². The van der Waals surface area contributed by atoms with Gasteiger partial charge in [0.05, 0.1) is 11.6 Å². The minimum atomic E-state index is 0. The molecule has 0 radical (unpaired) electrons. The molecule has 0 unspecified atom stereocenters. The number of nitrogens with one attached hydrogen (secondary N) is 1. The van der Waals surface area contributed by atoms with Crippen LogP contribution in [0.1, 0.15) is 31.4 Å². The Bertz CT molecular complexity index is 536. The Morgan fingerprint density at radius 1 is 1.50 bits per heavy atom. The van der Waals surface area contributed by atoms with Crippen molar-refractivity contribution in [2.45, 2.75) is 32.2 Å². The summed E-state index contributed by atoms with van der Waals surface area (Å²) in [7, 11) is 5.88. The Labute approximate surface area is 155 Å². The highest BCUT2D eigenvalue weighted by Crippen LogP contribution is 2.19. The molecule has 22 heavy (non-hydrogen) atoms. The van der Waals surface area contributed by atoms with Gasteiger partial charge in [-0.3, -0.25) is 4.99 Å². The van der Waals surface area contributed by atoms with E-state index in [9.17, 15) is 0 Å². The Balaban J connectivity index is 0.00000242. The molecule has 1 heterocycles. The molecule has 0 aromatic carbocycles. The number of aliphatic imine (C=N–C) groups is 1. The van der Waals surface area contributed by atoms with Gasteiger partial charge in [-0.1, -0.05) is 23.3 Å². The van der Waals surface area contributed by atoms with E-state index in [1.165, 1.54) is 25.0 Å². The van der Waals surface area contributed by atoms with E-state index in [4.69, 9.17) is 11.6 Å². The molecule has 0 saturated carbocycles. The van der Waals surface area contributed by atoms with E-state index < -0.39 is 0 Å². The zero-order valence-electron chi connectivity index (χ0n) is 13.6. The van der Waals surface area contributed by atoms with Gasteiger partial charge in [0.1, 0.15) is 0 Å². The van der Waals surface area contributed by atoms with Crippen molar-refractivity contribution in [1.29, 1.82) is 0 Å². The van der Waals surface area contributed by atoms with Crippen molar-refractivity contribution in [2.24, 2.45) is 12.0 Å². The van der Waals surface area contributed by atoms with Crippen LogP contribution in [0.25, 0.3) is 0 Å². The normalized spacial score (nSPS) is 14.5. The molecule has 0 bridgehead atoms. The zero-order chi connectivity index (χ0) is 15.2. The molecule has 0 amide bonds. The Kier molecular flexibility index (Phi) is 8.31. The highest BCUT2D eigenvalue weighted by Gasteiger charge is 2.10. The largest absolute Gasteiger partial charge is 0.356 e. The van der Waals surface area contributed by atoms with Gasteiger partial charge < -0.3 is 14.8 Å². The van der Waals surface area contributed by atoms with Crippen molar-refractivity contribution >= 4 is 41.5 Å². The lowest BCUT2D eigenvalue weighted by Crippen LogP contribution is -2.39. The fourth-order valence-corrected chi connectivity index (χ4v) is 3.00. The summed E-state index contributed by atoms with van der Waals surface area (Å²) in [6, 6.07) is 1.99. The minimum Gasteiger partial charge on any atom is -0.356 e. The lowest BCUT2D eigenvalue weighted by atomic mass is 10.2. The van der Waals surface area contributed by atoms with E-state index in [-0.39, 0.29) is 24.0 Å². The van der Waals surface area contributed by atoms with E-state index >= 15 is 0 Å². The molecule has 0 fully saturated rings. The number of aryl methyl sites for hydroxylation is 1. The highest BCUT2D eigenvalue weighted by atomic mass is 127. The molecule has 1 aromatic rings. The predicted molar refractivity (Wildman–Crippen MR) is 105 cm³/mol. The third kappa shape index (κ3) is 5.50. The van der Waals surface area contributed by atoms with Crippen molar-refractivity contribution in [3.8, 4) is 0 Å². The fourth-order valence-electron chi connectivity index (χ4n) is 2.73. The summed E-state index contributed by atoms with van der Waals surface area (Å²) in [5.74, 6) is 0.922. The van der Waals surface area contributed by atoms with Crippen LogP contribution < -0.4 is 5.32 Å². The molecule has 1 aromatic heterocycles. The van der Waals surface area contributed by atoms with Crippen LogP contribution >= 0.6 is 35.6 Å². The van der Waals surface area contributed by atoms with E-state index in [1.807, 2.05) is 33.4 Å². The van der Waals surface area contributed by atoms with Gasteiger partial charge in [0, 0.05) is 39.6 Å². The van der Waals surface area contributed by atoms with Crippen LogP contribution in [0, 0.1) is 0 Å². The number of rotatable bonds is 5. The smallest absolute Gasteiger partial charge is 0.193 e. The van der Waals surface area contributed by atoms with Crippen LogP contribution in [0.15, 0.2) is 28.9 Å². The molecule has 6 heteroatoms. The summed E-state index contributed by atoms with van der Waals surface area (Å²) < 4.78 is 2.05. The average molecular weight is 437 g/mol. The molecule has 1 aliphatic carbocycles. The molecule has 0 saturated heterocycles. The van der Waals surface area contributed by atoms with Crippen molar-refractivity contribution < 1.29 is 0 Å². The number of halogens is 2. The third-order valence-corrected chi connectivity index (χ3v) is 4.12. The summed E-state index contributed by atoms with van der Waals surface area (Å²) in [5.41, 5.74) is 2.75. The quantitative estimate of drug-likeness (QED) is 0.329. The minimum absolute atomic E-state index is 0. The first-order chi connectivity index (χ1) is 10.1. The average Bonchev–Trinajstić information content (AvgIpc) is 3.05. The molecule has 1 N–H and O–H groups in total. The molecule has 0 aliphatic heterocycles. The molecule has 0 atom stereocenters. The van der Waals surface area contributed by atoms with Crippen LogP contribution in [-0.4, -0.2) is 36.1 Å². The summed E-state index contributed by atoms with van der Waals surface area (Å²) in [4.78, 5) is 6.47. The van der Waals surface area contributed by atoms with Gasteiger partial charge in [-0.05, 0) is 31.7 Å². The SMILES string of the molecule is CN=C(NCCC1=CCCC1)N(C)Cc1cc(Cl)cn1C.I. The third-order valence-electron chi connectivity index (χ3n) is 3.91. The van der Waals surface area contributed by atoms with Gasteiger partial charge in [-0.15, -0.1) is 24.0 Å². The Hall–Kier alpha value is -0.690. The standard InChI is InChI=1S/C16H25ClN4.HI/c1-18-16(19-9-8-13-6-4-5-7-13)21(3)12-15-10-14(17)11-20(15)2;/h6,10-11H,4-5,7-9,12H2,1-3H3,(H,18,19);1H. The summed E-state index contributed by atoms with van der Waals surface area (Å²) in [5, 5.41) is 4.21. The Morgan fingerprint density at radius 3 is 2.82 bits per heavy atom. The highest BCUT2D eigenvalue weighted by molar-refractivity contribution is 14.0. The van der Waals surface area contributed by atoms with E-state index in [0.717, 1.165) is 30.5 Å². The van der Waals surface area contributed by atoms with Gasteiger partial charge in [0.2, 0.25) is 0 Å². The second-order valence-corrected chi connectivity index (χ2v) is 6.03. The van der Waals surface area contributed by atoms with Crippen molar-refractivity contribution in [3.05, 3.63) is 34.6 Å². The van der Waals surface area contributed by atoms with Crippen LogP contribution in [0.2, 0.25) is 5.02 Å². The van der Waals surface area contributed by atoms with Crippen molar-refractivity contribution in [2.75, 3.05) is 20.6 Å². The maximum Gasteiger partial charge on any atom is 0.193 e. The van der Waals surface area contributed by atoms with Crippen LogP contribution in [0.4, 0.5) is 0 Å². The Morgan fingerprint density at radius 2 is 2.27 bits per heavy atom. The number of aromatic nitrogens is 1. The topological polar surface area (TPSA) is 32.6 Å². The predicted octanol–water partition coefficient (Wildman–Crippen LogP) is 3.80. The number of allylic oxidation sites excluding steroid dienone is 1. The molecule has 2 rings (SSSR count). The number of hydrogen-bond acceptors (Lipinski definition) is 1. The van der Waals surface area contributed by atoms with Crippen LogP contribution in [0.3, 0.4) is 0 Å². The number of nitrogens with zero attached hydrogens (tertiary/aromatic N) is 3. The van der Waals surface area contributed by atoms with Crippen LogP contribution in [-0.2, 0) is 13.6 Å². The van der Waals surface area contributed by atoms with Gasteiger partial charge in [-0.2, -0.15) is 0 Å². The summed E-state index contributed by atoms with van der Waals surface area (Å²) in [6.07, 6.45) is 9.24. The zero-order valence-corrected chi connectivity index (χ0v) is 16.7. The van der Waals surface area contributed by atoms with Crippen molar-refractivity contribution in [1.82, 2.24) is 14.8 Å². The second kappa shape index (κ2) is 9.45. The monoisotopic (exact) mass is 436 g/mol. The number of hydrogen-bond donors (Lipinski definition) is 1. The maximum atomic E-state index is 6.03. The first kappa shape index (κ1) is 19.4. The summed E-state index contributed by atoms with van der Waals surface area (Å²) >= 11 is 6.03. The first-order valence-corrected chi connectivity index (χ1v) is 7.88. The molecular weight excluding hydrogens is 411 g/mol. The maximum absolute atomic E-state index is 6.03. The fraction of sp³-hybridized carbons (Fsp3) is 0.562. The van der Waals surface area contributed by atoms with Gasteiger partial charge >= 0.3 is 0 Å².